The molecule has 2 nitrogen and oxygen atoms in total. The molecule has 2 rings (SSSR count). The van der Waals surface area contributed by atoms with E-state index < -0.39 is 0 Å². The number of hydrogen-bond donors (Lipinski definition) is 0. The lowest BCUT2D eigenvalue weighted by Crippen LogP contribution is -2.20. The molecule has 0 bridgehead atoms. The van der Waals surface area contributed by atoms with Gasteiger partial charge in [-0.05, 0) is 18.4 Å². The minimum atomic E-state index is 0.749. The lowest BCUT2D eigenvalue weighted by atomic mass is 10.2. The summed E-state index contributed by atoms with van der Waals surface area (Å²) in [6.45, 7) is 2.19. The molecule has 0 spiro atoms. The zero-order chi connectivity index (χ0) is 9.97. The van der Waals surface area contributed by atoms with E-state index in [1.807, 2.05) is 6.07 Å². The average molecular weight is 276 g/mol. The second kappa shape index (κ2) is 4.49. The molecule has 0 aromatic carbocycles. The maximum atomic E-state index is 6.08. The average Bonchev–Trinajstić information content (AvgIpc) is 2.67. The van der Waals surface area contributed by atoms with Gasteiger partial charge in [0.25, 0.3) is 0 Å². The Balaban J connectivity index is 2.13. The monoisotopic (exact) mass is 274 g/mol. The first-order chi connectivity index (χ1) is 6.81. The maximum absolute atomic E-state index is 6.08. The van der Waals surface area contributed by atoms with Crippen molar-refractivity contribution in [1.29, 1.82) is 0 Å². The fourth-order valence-electron chi connectivity index (χ4n) is 1.80. The van der Waals surface area contributed by atoms with E-state index in [1.165, 1.54) is 6.42 Å². The first kappa shape index (κ1) is 10.2. The van der Waals surface area contributed by atoms with Crippen molar-refractivity contribution in [2.24, 2.45) is 5.92 Å². The molecule has 1 aromatic rings. The van der Waals surface area contributed by atoms with Crippen LogP contribution in [0.25, 0.3) is 0 Å². The number of halogens is 2. The summed E-state index contributed by atoms with van der Waals surface area (Å²) in [5.74, 6) is 0.749. The van der Waals surface area contributed by atoms with Gasteiger partial charge in [-0.25, -0.2) is 0 Å². The van der Waals surface area contributed by atoms with Gasteiger partial charge in [-0.2, -0.15) is 0 Å². The lowest BCUT2D eigenvalue weighted by molar-refractivity contribution is 0.676. The standard InChI is InChI=1S/C10H12BrClN2/c11-5-8-2-4-14(7-8)10-1-3-13-6-9(10)12/h1,3,6,8H,2,4-5,7H2. The molecule has 1 saturated heterocycles. The molecule has 0 N–H and O–H groups in total. The number of nitrogens with zero attached hydrogens (tertiary/aromatic N) is 2. The third kappa shape index (κ3) is 2.04. The van der Waals surface area contributed by atoms with Crippen LogP contribution >= 0.6 is 27.5 Å². The van der Waals surface area contributed by atoms with Crippen molar-refractivity contribution in [2.75, 3.05) is 23.3 Å². The molecule has 1 atom stereocenters. The van der Waals surface area contributed by atoms with Crippen molar-refractivity contribution in [3.05, 3.63) is 23.5 Å². The highest BCUT2D eigenvalue weighted by molar-refractivity contribution is 9.09. The number of anilines is 1. The number of alkyl halides is 1. The van der Waals surface area contributed by atoms with Gasteiger partial charge in [-0.15, -0.1) is 0 Å². The Kier molecular flexibility index (Phi) is 3.29. The van der Waals surface area contributed by atoms with Gasteiger partial charge in [0.05, 0.1) is 10.7 Å². The first-order valence-electron chi connectivity index (χ1n) is 4.71. The predicted molar refractivity (Wildman–Crippen MR) is 63.4 cm³/mol. The van der Waals surface area contributed by atoms with Crippen molar-refractivity contribution < 1.29 is 0 Å². The van der Waals surface area contributed by atoms with Crippen molar-refractivity contribution in [2.45, 2.75) is 6.42 Å². The summed E-state index contributed by atoms with van der Waals surface area (Å²) in [6.07, 6.45) is 4.74. The van der Waals surface area contributed by atoms with Crippen LogP contribution in [0.4, 0.5) is 5.69 Å². The number of aromatic nitrogens is 1. The minimum Gasteiger partial charge on any atom is -0.370 e. The highest BCUT2D eigenvalue weighted by Gasteiger charge is 2.22. The summed E-state index contributed by atoms with van der Waals surface area (Å²) in [5.41, 5.74) is 1.12. The van der Waals surface area contributed by atoms with Gasteiger partial charge in [-0.3, -0.25) is 4.98 Å². The van der Waals surface area contributed by atoms with Crippen LogP contribution in [0.2, 0.25) is 5.02 Å². The summed E-state index contributed by atoms with van der Waals surface area (Å²) < 4.78 is 0. The van der Waals surface area contributed by atoms with Crippen LogP contribution in [0.3, 0.4) is 0 Å². The normalized spacial score (nSPS) is 21.6. The van der Waals surface area contributed by atoms with E-state index in [4.69, 9.17) is 11.6 Å². The van der Waals surface area contributed by atoms with Gasteiger partial charge in [0.1, 0.15) is 0 Å². The first-order valence-corrected chi connectivity index (χ1v) is 6.21. The third-order valence-electron chi connectivity index (χ3n) is 2.60. The zero-order valence-corrected chi connectivity index (χ0v) is 10.1. The van der Waals surface area contributed by atoms with Crippen LogP contribution in [-0.2, 0) is 0 Å². The molecule has 76 valence electrons. The molecule has 1 aromatic heterocycles. The van der Waals surface area contributed by atoms with Crippen LogP contribution in [0.15, 0.2) is 18.5 Å². The molecule has 1 unspecified atom stereocenters. The van der Waals surface area contributed by atoms with E-state index in [1.54, 1.807) is 12.4 Å². The molecule has 0 amide bonds. The summed E-state index contributed by atoms with van der Waals surface area (Å²) in [7, 11) is 0. The highest BCUT2D eigenvalue weighted by atomic mass is 79.9. The molecular formula is C10H12BrClN2. The second-order valence-corrected chi connectivity index (χ2v) is 4.64. The van der Waals surface area contributed by atoms with Crippen molar-refractivity contribution in [3.63, 3.8) is 0 Å². The van der Waals surface area contributed by atoms with Crippen LogP contribution in [-0.4, -0.2) is 23.4 Å². The Bertz CT molecular complexity index is 319. The fourth-order valence-corrected chi connectivity index (χ4v) is 2.57. The van der Waals surface area contributed by atoms with E-state index in [2.05, 4.69) is 25.8 Å². The topological polar surface area (TPSA) is 16.1 Å². The Labute approximate surface area is 97.4 Å². The van der Waals surface area contributed by atoms with E-state index >= 15 is 0 Å². The van der Waals surface area contributed by atoms with Gasteiger partial charge < -0.3 is 4.90 Å². The zero-order valence-electron chi connectivity index (χ0n) is 7.79. The van der Waals surface area contributed by atoms with Crippen molar-refractivity contribution >= 4 is 33.2 Å². The Morgan fingerprint density at radius 1 is 1.64 bits per heavy atom. The van der Waals surface area contributed by atoms with Gasteiger partial charge in [0, 0.05) is 30.8 Å². The van der Waals surface area contributed by atoms with Gasteiger partial charge in [-0.1, -0.05) is 27.5 Å². The van der Waals surface area contributed by atoms with Gasteiger partial charge in [0.15, 0.2) is 0 Å². The predicted octanol–water partition coefficient (Wildman–Crippen LogP) is 2.96. The summed E-state index contributed by atoms with van der Waals surface area (Å²) >= 11 is 9.60. The van der Waals surface area contributed by atoms with Crippen LogP contribution in [0.1, 0.15) is 6.42 Å². The molecule has 1 fully saturated rings. The van der Waals surface area contributed by atoms with Crippen molar-refractivity contribution in [3.8, 4) is 0 Å². The quantitative estimate of drug-likeness (QED) is 0.772. The molecule has 0 aliphatic carbocycles. The minimum absolute atomic E-state index is 0.749. The Hall–Kier alpha value is -0.280. The van der Waals surface area contributed by atoms with E-state index in [9.17, 15) is 0 Å². The largest absolute Gasteiger partial charge is 0.370 e. The summed E-state index contributed by atoms with van der Waals surface area (Å²) in [5, 5.41) is 1.83. The maximum Gasteiger partial charge on any atom is 0.0822 e. The number of pyridine rings is 1. The molecule has 1 aliphatic heterocycles. The lowest BCUT2D eigenvalue weighted by Gasteiger charge is -2.19. The SMILES string of the molecule is Clc1cnccc1N1CCC(CBr)C1. The van der Waals surface area contributed by atoms with E-state index in [0.29, 0.717) is 0 Å². The smallest absolute Gasteiger partial charge is 0.0822 e. The number of hydrogen-bond acceptors (Lipinski definition) is 2. The number of rotatable bonds is 2. The van der Waals surface area contributed by atoms with Crippen molar-refractivity contribution in [1.82, 2.24) is 4.98 Å². The van der Waals surface area contributed by atoms with Crippen LogP contribution < -0.4 is 4.90 Å². The Morgan fingerprint density at radius 3 is 3.14 bits per heavy atom. The summed E-state index contributed by atoms with van der Waals surface area (Å²) in [4.78, 5) is 6.32. The highest BCUT2D eigenvalue weighted by Crippen LogP contribution is 2.29. The fraction of sp³-hybridized carbons (Fsp3) is 0.500. The van der Waals surface area contributed by atoms with Gasteiger partial charge in [0.2, 0.25) is 0 Å². The van der Waals surface area contributed by atoms with Gasteiger partial charge >= 0.3 is 0 Å². The van der Waals surface area contributed by atoms with Crippen LogP contribution in [0.5, 0.6) is 0 Å². The molecular weight excluding hydrogens is 263 g/mol. The Morgan fingerprint density at radius 2 is 2.50 bits per heavy atom. The molecule has 2 heterocycles. The molecule has 1 aliphatic rings. The summed E-state index contributed by atoms with van der Waals surface area (Å²) in [6, 6.07) is 1.99. The van der Waals surface area contributed by atoms with E-state index in [0.717, 1.165) is 35.0 Å². The van der Waals surface area contributed by atoms with E-state index in [-0.39, 0.29) is 0 Å². The second-order valence-electron chi connectivity index (χ2n) is 3.58. The third-order valence-corrected chi connectivity index (χ3v) is 3.80. The van der Waals surface area contributed by atoms with Crippen LogP contribution in [0, 0.1) is 5.92 Å². The molecule has 0 radical (unpaired) electrons. The molecule has 0 saturated carbocycles. The molecule has 14 heavy (non-hydrogen) atoms. The molecule has 4 heteroatoms.